The molecule has 0 aromatic heterocycles. The molecule has 0 spiro atoms. The van der Waals surface area contributed by atoms with Gasteiger partial charge in [-0.05, 0) is 18.1 Å². The molecular weight excluding hydrogens is 351 g/mol. The van der Waals surface area contributed by atoms with Crippen molar-refractivity contribution < 1.29 is 39.5 Å². The molecule has 1 aromatic rings. The molecular formula is C12H7ClF9. The number of benzene rings is 1. The molecule has 1 radical (unpaired) electrons. The van der Waals surface area contributed by atoms with Crippen molar-refractivity contribution in [2.45, 2.75) is 37.3 Å². The molecule has 22 heavy (non-hydrogen) atoms. The summed E-state index contributed by atoms with van der Waals surface area (Å²) in [5, 5.41) is -0.710. The second kappa shape index (κ2) is 5.50. The largest absolute Gasteiger partial charge is 0.457 e. The normalized spacial score (nSPS) is 16.5. The van der Waals surface area contributed by atoms with Crippen LogP contribution in [0.25, 0.3) is 0 Å². The maximum atomic E-state index is 14.1. The molecule has 0 bridgehead atoms. The minimum Gasteiger partial charge on any atom is -0.221 e. The van der Waals surface area contributed by atoms with Crippen molar-refractivity contribution in [3.05, 3.63) is 34.3 Å². The van der Waals surface area contributed by atoms with Gasteiger partial charge in [-0.15, -0.1) is 0 Å². The lowest BCUT2D eigenvalue weighted by molar-refractivity contribution is -0.389. The maximum absolute atomic E-state index is 14.1. The number of halogens is 10. The molecule has 125 valence electrons. The molecule has 1 atom stereocenters. The van der Waals surface area contributed by atoms with Crippen LogP contribution in [0.3, 0.4) is 0 Å². The fourth-order valence-electron chi connectivity index (χ4n) is 1.70. The van der Waals surface area contributed by atoms with E-state index >= 15 is 0 Å². The Bertz CT molecular complexity index is 547. The molecule has 1 aromatic carbocycles. The second-order valence-corrected chi connectivity index (χ2v) is 4.73. The quantitative estimate of drug-likeness (QED) is 0.615. The Labute approximate surface area is 123 Å². The van der Waals surface area contributed by atoms with Gasteiger partial charge in [0.05, 0.1) is 0 Å². The van der Waals surface area contributed by atoms with Crippen LogP contribution >= 0.6 is 11.6 Å². The Morgan fingerprint density at radius 3 is 1.77 bits per heavy atom. The Kier molecular flexibility index (Phi) is 4.74. The predicted octanol–water partition coefficient (Wildman–Crippen LogP) is 5.63. The van der Waals surface area contributed by atoms with E-state index in [0.29, 0.717) is 0 Å². The zero-order valence-electron chi connectivity index (χ0n) is 10.6. The summed E-state index contributed by atoms with van der Waals surface area (Å²) in [7, 11) is 0. The zero-order valence-corrected chi connectivity index (χ0v) is 11.4. The Hall–Kier alpha value is -1.12. The van der Waals surface area contributed by atoms with Crippen LogP contribution in [0.4, 0.5) is 39.5 Å². The molecule has 0 amide bonds. The lowest BCUT2D eigenvalue weighted by Gasteiger charge is -2.36. The van der Waals surface area contributed by atoms with Crippen molar-refractivity contribution in [3.8, 4) is 0 Å². The Morgan fingerprint density at radius 1 is 0.909 bits per heavy atom. The van der Waals surface area contributed by atoms with Gasteiger partial charge >= 0.3 is 23.9 Å². The van der Waals surface area contributed by atoms with Crippen molar-refractivity contribution >= 4 is 11.6 Å². The van der Waals surface area contributed by atoms with Crippen LogP contribution in [0.2, 0.25) is 5.02 Å². The first-order valence-corrected chi connectivity index (χ1v) is 5.98. The van der Waals surface area contributed by atoms with Crippen molar-refractivity contribution in [2.75, 3.05) is 0 Å². The summed E-state index contributed by atoms with van der Waals surface area (Å²) in [5.41, 5.74) is -8.14. The van der Waals surface area contributed by atoms with E-state index in [1.165, 1.54) is 6.92 Å². The van der Waals surface area contributed by atoms with E-state index in [2.05, 4.69) is 6.07 Å². The second-order valence-electron chi connectivity index (χ2n) is 4.32. The summed E-state index contributed by atoms with van der Waals surface area (Å²) in [6.45, 7) is 1.35. The average Bonchev–Trinajstić information content (AvgIpc) is 2.33. The van der Waals surface area contributed by atoms with Crippen LogP contribution in [0.5, 0.6) is 0 Å². The zero-order chi connectivity index (χ0) is 17.6. The number of rotatable bonds is 3. The van der Waals surface area contributed by atoms with Crippen LogP contribution in [0.1, 0.15) is 18.1 Å². The first kappa shape index (κ1) is 18.9. The molecule has 0 heterocycles. The van der Waals surface area contributed by atoms with Crippen molar-refractivity contribution in [3.63, 3.8) is 0 Å². The third-order valence-electron chi connectivity index (χ3n) is 2.85. The van der Waals surface area contributed by atoms with E-state index in [9.17, 15) is 39.5 Å². The van der Waals surface area contributed by atoms with Gasteiger partial charge in [0.2, 0.25) is 0 Å². The number of alkyl halides is 9. The average molecular weight is 358 g/mol. The number of hydrogen-bond acceptors (Lipinski definition) is 0. The molecule has 0 saturated heterocycles. The van der Waals surface area contributed by atoms with Gasteiger partial charge in [0.25, 0.3) is 0 Å². The monoisotopic (exact) mass is 357 g/mol. The molecule has 1 unspecified atom stereocenters. The summed E-state index contributed by atoms with van der Waals surface area (Å²) < 4.78 is 116. The SMILES string of the molecule is CCc1[c]c(Cl)cc(C(F)(C(F)(F)F)C(F)(F)C(F)(F)F)c1. The minimum absolute atomic E-state index is 0.0495. The maximum Gasteiger partial charge on any atom is 0.457 e. The topological polar surface area (TPSA) is 0 Å². The summed E-state index contributed by atoms with van der Waals surface area (Å²) >= 11 is 5.33. The van der Waals surface area contributed by atoms with Gasteiger partial charge in [0.1, 0.15) is 0 Å². The van der Waals surface area contributed by atoms with Gasteiger partial charge in [-0.3, -0.25) is 0 Å². The number of hydrogen-bond donors (Lipinski definition) is 0. The van der Waals surface area contributed by atoms with Crippen molar-refractivity contribution in [1.82, 2.24) is 0 Å². The first-order chi connectivity index (χ1) is 9.68. The van der Waals surface area contributed by atoms with Crippen molar-refractivity contribution in [1.29, 1.82) is 0 Å². The fraction of sp³-hybridized carbons (Fsp3) is 0.500. The summed E-state index contributed by atoms with van der Waals surface area (Å²) in [6, 6.07) is 2.50. The van der Waals surface area contributed by atoms with Gasteiger partial charge in [-0.1, -0.05) is 24.6 Å². The van der Waals surface area contributed by atoms with Gasteiger partial charge in [-0.25, -0.2) is 4.39 Å². The van der Waals surface area contributed by atoms with Crippen LogP contribution in [0.15, 0.2) is 12.1 Å². The Morgan fingerprint density at radius 2 is 1.41 bits per heavy atom. The lowest BCUT2D eigenvalue weighted by atomic mass is 9.86. The third-order valence-corrected chi connectivity index (χ3v) is 3.05. The van der Waals surface area contributed by atoms with E-state index in [4.69, 9.17) is 11.6 Å². The highest BCUT2D eigenvalue weighted by Crippen LogP contribution is 2.58. The number of aryl methyl sites for hydroxylation is 1. The van der Waals surface area contributed by atoms with Gasteiger partial charge in [0, 0.05) is 16.7 Å². The minimum atomic E-state index is -6.75. The third kappa shape index (κ3) is 2.87. The highest BCUT2D eigenvalue weighted by Gasteiger charge is 2.81. The molecule has 0 N–H and O–H groups in total. The molecule has 0 aliphatic rings. The lowest BCUT2D eigenvalue weighted by Crippen LogP contribution is -2.59. The van der Waals surface area contributed by atoms with E-state index < -0.39 is 34.5 Å². The van der Waals surface area contributed by atoms with Gasteiger partial charge in [-0.2, -0.15) is 35.1 Å². The van der Waals surface area contributed by atoms with Crippen molar-refractivity contribution in [2.24, 2.45) is 0 Å². The van der Waals surface area contributed by atoms with Crippen LogP contribution in [0, 0.1) is 6.07 Å². The van der Waals surface area contributed by atoms with Gasteiger partial charge < -0.3 is 0 Å². The molecule has 0 aliphatic carbocycles. The molecule has 1 rings (SSSR count). The van der Waals surface area contributed by atoms with Crippen LogP contribution in [-0.2, 0) is 12.1 Å². The first-order valence-electron chi connectivity index (χ1n) is 5.61. The van der Waals surface area contributed by atoms with Crippen LogP contribution < -0.4 is 0 Å². The highest BCUT2D eigenvalue weighted by atomic mass is 35.5. The van der Waals surface area contributed by atoms with E-state index in [-0.39, 0.29) is 24.1 Å². The summed E-state index contributed by atoms with van der Waals surface area (Å²) in [5.74, 6) is -6.70. The molecule has 0 saturated carbocycles. The predicted molar refractivity (Wildman–Crippen MR) is 59.5 cm³/mol. The van der Waals surface area contributed by atoms with Crippen LogP contribution in [-0.4, -0.2) is 18.3 Å². The van der Waals surface area contributed by atoms with Gasteiger partial charge in [0.15, 0.2) is 0 Å². The molecule has 0 nitrogen and oxygen atoms in total. The molecule has 0 fully saturated rings. The molecule has 0 aliphatic heterocycles. The smallest absolute Gasteiger partial charge is 0.221 e. The highest BCUT2D eigenvalue weighted by molar-refractivity contribution is 6.30. The molecule has 10 heteroatoms. The summed E-state index contributed by atoms with van der Waals surface area (Å²) in [6.07, 6.45) is -13.4. The standard InChI is InChI=1S/C12H7ClF9/c1-2-6-3-7(5-8(13)4-6)9(14,11(17,18)19)10(15,16)12(20,21)22/h3,5H,2H2,1H3. The van der Waals surface area contributed by atoms with E-state index in [1.54, 1.807) is 0 Å². The van der Waals surface area contributed by atoms with E-state index in [1.807, 2.05) is 0 Å². The van der Waals surface area contributed by atoms with E-state index in [0.717, 1.165) is 0 Å². The fourth-order valence-corrected chi connectivity index (χ4v) is 1.94. The Balaban J connectivity index is 3.73. The summed E-state index contributed by atoms with van der Waals surface area (Å²) in [4.78, 5) is 0.